The van der Waals surface area contributed by atoms with E-state index < -0.39 is 0 Å². The molecule has 1 saturated heterocycles. The number of hydrogen-bond acceptors (Lipinski definition) is 2. The van der Waals surface area contributed by atoms with E-state index in [2.05, 4.69) is 21.2 Å². The third kappa shape index (κ3) is 2.21. The molecule has 1 N–H and O–H groups in total. The van der Waals surface area contributed by atoms with Crippen molar-refractivity contribution in [3.8, 4) is 0 Å². The molecule has 0 aromatic heterocycles. The highest BCUT2D eigenvalue weighted by molar-refractivity contribution is 9.10. The molecule has 0 radical (unpaired) electrons. The lowest BCUT2D eigenvalue weighted by atomic mass is 9.67. The number of imide groups is 1. The van der Waals surface area contributed by atoms with Crippen LogP contribution in [0.2, 0.25) is 0 Å². The molecule has 1 heterocycles. The number of hydrogen-bond donors (Lipinski definition) is 1. The Morgan fingerprint density at radius 2 is 2.06 bits per heavy atom. The van der Waals surface area contributed by atoms with E-state index in [9.17, 15) is 9.59 Å². The third-order valence-corrected chi connectivity index (χ3v) is 4.53. The number of benzene rings is 1. The Hall–Kier alpha value is -1.16. The first-order chi connectivity index (χ1) is 8.48. The predicted octanol–water partition coefficient (Wildman–Crippen LogP) is 3.00. The topological polar surface area (TPSA) is 46.2 Å². The minimum absolute atomic E-state index is 0.173. The van der Waals surface area contributed by atoms with Crippen molar-refractivity contribution in [3.05, 3.63) is 34.3 Å². The fourth-order valence-electron chi connectivity index (χ4n) is 2.59. The molecule has 2 atom stereocenters. The molecule has 0 bridgehead atoms. The van der Waals surface area contributed by atoms with Crippen LogP contribution in [0.4, 0.5) is 0 Å². The number of carbonyl (C=O) groups excluding carboxylic acids is 2. The van der Waals surface area contributed by atoms with E-state index in [1.165, 1.54) is 0 Å². The smallest absolute Gasteiger partial charge is 0.234 e. The normalized spacial score (nSPS) is 28.1. The summed E-state index contributed by atoms with van der Waals surface area (Å²) >= 11 is 3.49. The quantitative estimate of drug-likeness (QED) is 0.854. The van der Waals surface area contributed by atoms with Gasteiger partial charge >= 0.3 is 0 Å². The van der Waals surface area contributed by atoms with Crippen molar-refractivity contribution in [2.45, 2.75) is 32.6 Å². The van der Waals surface area contributed by atoms with Crippen molar-refractivity contribution in [2.24, 2.45) is 5.41 Å². The largest absolute Gasteiger partial charge is 0.296 e. The van der Waals surface area contributed by atoms with Crippen LogP contribution in [0.1, 0.15) is 38.2 Å². The number of piperidine rings is 1. The summed E-state index contributed by atoms with van der Waals surface area (Å²) in [4.78, 5) is 23.7. The summed E-state index contributed by atoms with van der Waals surface area (Å²) in [6.07, 6.45) is 1.18. The van der Waals surface area contributed by atoms with Crippen molar-refractivity contribution in [3.63, 3.8) is 0 Å². The fraction of sp³-hybridized carbons (Fsp3) is 0.429. The second kappa shape index (κ2) is 4.84. The molecule has 4 heteroatoms. The summed E-state index contributed by atoms with van der Waals surface area (Å²) in [5.74, 6) is -0.647. The Morgan fingerprint density at radius 1 is 1.39 bits per heavy atom. The number of halogens is 1. The first kappa shape index (κ1) is 13.3. The summed E-state index contributed by atoms with van der Waals surface area (Å²) in [5.41, 5.74) is 0.635. The summed E-state index contributed by atoms with van der Waals surface area (Å²) in [6.45, 7) is 4.03. The molecule has 1 aliphatic rings. The summed E-state index contributed by atoms with van der Waals surface area (Å²) in [5, 5.41) is 2.45. The second-order valence-electron chi connectivity index (χ2n) is 5.05. The zero-order chi connectivity index (χ0) is 13.3. The average molecular weight is 310 g/mol. The Morgan fingerprint density at radius 3 is 2.67 bits per heavy atom. The van der Waals surface area contributed by atoms with Crippen LogP contribution in [-0.4, -0.2) is 11.8 Å². The summed E-state index contributed by atoms with van der Waals surface area (Å²) in [6, 6.07) is 7.70. The molecular weight excluding hydrogens is 294 g/mol. The van der Waals surface area contributed by atoms with Gasteiger partial charge in [0.2, 0.25) is 11.8 Å². The molecule has 2 unspecified atom stereocenters. The Bertz CT molecular complexity index is 500. The van der Waals surface area contributed by atoms with Crippen molar-refractivity contribution >= 4 is 27.7 Å². The van der Waals surface area contributed by atoms with Crippen LogP contribution in [0.15, 0.2) is 28.7 Å². The van der Waals surface area contributed by atoms with Crippen LogP contribution in [0, 0.1) is 5.41 Å². The van der Waals surface area contributed by atoms with Gasteiger partial charge in [-0.1, -0.05) is 48.0 Å². The molecule has 3 nitrogen and oxygen atoms in total. The van der Waals surface area contributed by atoms with Crippen LogP contribution in [0.5, 0.6) is 0 Å². The highest BCUT2D eigenvalue weighted by Crippen LogP contribution is 2.45. The molecule has 18 heavy (non-hydrogen) atoms. The van der Waals surface area contributed by atoms with Crippen LogP contribution in [0.3, 0.4) is 0 Å². The van der Waals surface area contributed by atoms with E-state index in [0.717, 1.165) is 16.5 Å². The van der Waals surface area contributed by atoms with E-state index in [0.29, 0.717) is 6.42 Å². The van der Waals surface area contributed by atoms with Crippen molar-refractivity contribution in [1.29, 1.82) is 0 Å². The molecule has 0 aliphatic carbocycles. The van der Waals surface area contributed by atoms with Crippen LogP contribution >= 0.6 is 15.9 Å². The Balaban J connectivity index is 2.49. The van der Waals surface area contributed by atoms with Gasteiger partial charge in [-0.3, -0.25) is 14.9 Å². The maximum Gasteiger partial charge on any atom is 0.234 e. The van der Waals surface area contributed by atoms with Gasteiger partial charge in [0.25, 0.3) is 0 Å². The van der Waals surface area contributed by atoms with Crippen LogP contribution < -0.4 is 5.32 Å². The van der Waals surface area contributed by atoms with Gasteiger partial charge in [0, 0.05) is 10.9 Å². The van der Waals surface area contributed by atoms with Gasteiger partial charge < -0.3 is 0 Å². The number of rotatable bonds is 2. The van der Waals surface area contributed by atoms with Crippen LogP contribution in [0.25, 0.3) is 0 Å². The molecule has 2 rings (SSSR count). The van der Waals surface area contributed by atoms with Gasteiger partial charge in [-0.05, 0) is 23.5 Å². The van der Waals surface area contributed by atoms with E-state index in [1.807, 2.05) is 38.1 Å². The van der Waals surface area contributed by atoms with E-state index >= 15 is 0 Å². The highest BCUT2D eigenvalue weighted by Gasteiger charge is 2.45. The number of carbonyl (C=O) groups is 2. The maximum atomic E-state index is 12.2. The SMILES string of the molecule is CCC1(C)CC(=O)NC(=O)C1c1ccccc1Br. The minimum atomic E-state index is -0.316. The van der Waals surface area contributed by atoms with Crippen molar-refractivity contribution in [2.75, 3.05) is 0 Å². The van der Waals surface area contributed by atoms with E-state index in [-0.39, 0.29) is 23.1 Å². The number of amides is 2. The van der Waals surface area contributed by atoms with Gasteiger partial charge in [0.05, 0.1) is 5.92 Å². The summed E-state index contributed by atoms with van der Waals surface area (Å²) in [7, 11) is 0. The first-order valence-corrected chi connectivity index (χ1v) is 6.85. The van der Waals surface area contributed by atoms with Gasteiger partial charge in [0.1, 0.15) is 0 Å². The number of nitrogens with one attached hydrogen (secondary N) is 1. The molecular formula is C14H16BrNO2. The molecule has 0 saturated carbocycles. The Kier molecular flexibility index (Phi) is 3.57. The van der Waals surface area contributed by atoms with Gasteiger partial charge in [0.15, 0.2) is 0 Å². The van der Waals surface area contributed by atoms with Gasteiger partial charge in [-0.25, -0.2) is 0 Å². The van der Waals surface area contributed by atoms with Gasteiger partial charge in [-0.2, -0.15) is 0 Å². The van der Waals surface area contributed by atoms with Crippen LogP contribution in [-0.2, 0) is 9.59 Å². The fourth-order valence-corrected chi connectivity index (χ4v) is 3.11. The average Bonchev–Trinajstić information content (AvgIpc) is 2.30. The second-order valence-corrected chi connectivity index (χ2v) is 5.91. The first-order valence-electron chi connectivity index (χ1n) is 6.06. The predicted molar refractivity (Wildman–Crippen MR) is 73.0 cm³/mol. The third-order valence-electron chi connectivity index (χ3n) is 3.81. The standard InChI is InChI=1S/C14H16BrNO2/c1-3-14(2)8-11(17)16-13(18)12(14)9-6-4-5-7-10(9)15/h4-7,12H,3,8H2,1-2H3,(H,16,17,18). The maximum absolute atomic E-state index is 12.2. The minimum Gasteiger partial charge on any atom is -0.296 e. The summed E-state index contributed by atoms with van der Waals surface area (Å²) < 4.78 is 0.916. The molecule has 0 spiro atoms. The van der Waals surface area contributed by atoms with E-state index in [4.69, 9.17) is 0 Å². The highest BCUT2D eigenvalue weighted by atomic mass is 79.9. The zero-order valence-electron chi connectivity index (χ0n) is 10.5. The molecule has 1 aliphatic heterocycles. The monoisotopic (exact) mass is 309 g/mol. The zero-order valence-corrected chi connectivity index (χ0v) is 12.1. The van der Waals surface area contributed by atoms with Crippen molar-refractivity contribution in [1.82, 2.24) is 5.32 Å². The lowest BCUT2D eigenvalue weighted by Gasteiger charge is -2.39. The lowest BCUT2D eigenvalue weighted by Crippen LogP contribution is -2.49. The molecule has 1 aromatic carbocycles. The Labute approximate surface area is 115 Å². The van der Waals surface area contributed by atoms with E-state index in [1.54, 1.807) is 0 Å². The molecule has 1 fully saturated rings. The molecule has 2 amide bonds. The molecule has 1 aromatic rings. The lowest BCUT2D eigenvalue weighted by molar-refractivity contribution is -0.139. The van der Waals surface area contributed by atoms with Gasteiger partial charge in [-0.15, -0.1) is 0 Å². The van der Waals surface area contributed by atoms with Crippen molar-refractivity contribution < 1.29 is 9.59 Å². The molecule has 96 valence electrons.